The van der Waals surface area contributed by atoms with Gasteiger partial charge in [-0.25, -0.2) is 13.8 Å². The Bertz CT molecular complexity index is 1090. The van der Waals surface area contributed by atoms with E-state index >= 15 is 0 Å². The molecule has 0 fully saturated rings. The van der Waals surface area contributed by atoms with Crippen LogP contribution in [0.1, 0.15) is 29.8 Å². The lowest BCUT2D eigenvalue weighted by atomic mass is 10.1. The van der Waals surface area contributed by atoms with Crippen molar-refractivity contribution in [2.24, 2.45) is 0 Å². The summed E-state index contributed by atoms with van der Waals surface area (Å²) in [6, 6.07) is 3.20. The van der Waals surface area contributed by atoms with Crippen LogP contribution in [0, 0.1) is 11.6 Å². The third kappa shape index (κ3) is 5.01. The monoisotopic (exact) mass is 455 g/mol. The fourth-order valence-electron chi connectivity index (χ4n) is 2.98. The molecular weight excluding hydrogens is 437 g/mol. The molecule has 0 spiro atoms. The second-order valence-electron chi connectivity index (χ2n) is 6.74. The number of ether oxygens (including phenoxy) is 1. The summed E-state index contributed by atoms with van der Waals surface area (Å²) in [5, 5.41) is 7.85. The van der Waals surface area contributed by atoms with E-state index in [0.717, 1.165) is 16.9 Å². The Morgan fingerprint density at radius 2 is 1.88 bits per heavy atom. The molecule has 0 N–H and O–H groups in total. The standard InChI is InChI=1S/C20H18F5N5O2/c1-3-29(12(2)11-32-18-16(22)8-13(10-26-18)20(23,24)25)19(31)15-5-4-14(21)9-17(15)30-27-6-7-28-30/h4-10,12H,3,11H2,1-2H3/t12-/m0/s1. The molecule has 1 aromatic carbocycles. The summed E-state index contributed by atoms with van der Waals surface area (Å²) in [6.45, 7) is 3.28. The number of carbonyl (C=O) groups is 1. The highest BCUT2D eigenvalue weighted by Crippen LogP contribution is 2.30. The molecule has 0 radical (unpaired) electrons. The number of halogens is 5. The van der Waals surface area contributed by atoms with Crippen LogP contribution in [0.3, 0.4) is 0 Å². The van der Waals surface area contributed by atoms with Gasteiger partial charge in [-0.2, -0.15) is 28.2 Å². The average molecular weight is 455 g/mol. The molecule has 2 aromatic heterocycles. The van der Waals surface area contributed by atoms with Crippen LogP contribution < -0.4 is 4.74 Å². The molecule has 1 atom stereocenters. The third-order valence-electron chi connectivity index (χ3n) is 4.55. The van der Waals surface area contributed by atoms with Crippen molar-refractivity contribution in [3.63, 3.8) is 0 Å². The zero-order chi connectivity index (χ0) is 23.5. The normalized spacial score (nSPS) is 12.5. The first-order chi connectivity index (χ1) is 15.1. The van der Waals surface area contributed by atoms with Gasteiger partial charge in [-0.3, -0.25) is 4.79 Å². The molecule has 0 aliphatic heterocycles. The summed E-state index contributed by atoms with van der Waals surface area (Å²) in [5.74, 6) is -2.96. The number of hydrogen-bond acceptors (Lipinski definition) is 5. The van der Waals surface area contributed by atoms with E-state index < -0.39 is 41.2 Å². The van der Waals surface area contributed by atoms with Crippen molar-refractivity contribution in [3.05, 3.63) is 65.6 Å². The minimum Gasteiger partial charge on any atom is -0.473 e. The van der Waals surface area contributed by atoms with Crippen LogP contribution in [0.15, 0.2) is 42.9 Å². The number of alkyl halides is 3. The summed E-state index contributed by atoms with van der Waals surface area (Å²) in [6.07, 6.45) is -1.52. The Morgan fingerprint density at radius 3 is 2.47 bits per heavy atom. The largest absolute Gasteiger partial charge is 0.473 e. The number of aromatic nitrogens is 4. The van der Waals surface area contributed by atoms with Crippen molar-refractivity contribution in [1.82, 2.24) is 24.9 Å². The number of pyridine rings is 1. The molecule has 170 valence electrons. The minimum absolute atomic E-state index is 0.120. The molecule has 0 bridgehead atoms. The van der Waals surface area contributed by atoms with E-state index in [1.807, 2.05) is 0 Å². The van der Waals surface area contributed by atoms with Crippen LogP contribution in [0.5, 0.6) is 5.88 Å². The van der Waals surface area contributed by atoms with E-state index in [0.29, 0.717) is 6.20 Å². The molecule has 0 aliphatic carbocycles. The van der Waals surface area contributed by atoms with Crippen molar-refractivity contribution in [1.29, 1.82) is 0 Å². The highest BCUT2D eigenvalue weighted by Gasteiger charge is 2.32. The molecule has 3 aromatic rings. The lowest BCUT2D eigenvalue weighted by Crippen LogP contribution is -2.42. The number of hydrogen-bond donors (Lipinski definition) is 0. The van der Waals surface area contributed by atoms with Crippen LogP contribution in [0.4, 0.5) is 22.0 Å². The van der Waals surface area contributed by atoms with Crippen LogP contribution in [0.25, 0.3) is 5.69 Å². The van der Waals surface area contributed by atoms with E-state index in [-0.39, 0.29) is 30.5 Å². The van der Waals surface area contributed by atoms with Crippen molar-refractivity contribution in [2.75, 3.05) is 13.2 Å². The molecule has 2 heterocycles. The predicted molar refractivity (Wildman–Crippen MR) is 102 cm³/mol. The number of likely N-dealkylation sites (N-methyl/N-ethyl adjacent to an activating group) is 1. The van der Waals surface area contributed by atoms with Crippen LogP contribution in [-0.4, -0.2) is 50.0 Å². The number of benzene rings is 1. The Morgan fingerprint density at radius 1 is 1.19 bits per heavy atom. The summed E-state index contributed by atoms with van der Waals surface area (Å²) >= 11 is 0. The fourth-order valence-corrected chi connectivity index (χ4v) is 2.98. The first kappa shape index (κ1) is 23.1. The van der Waals surface area contributed by atoms with Gasteiger partial charge in [0.25, 0.3) is 5.91 Å². The number of carbonyl (C=O) groups excluding carboxylic acids is 1. The molecule has 32 heavy (non-hydrogen) atoms. The van der Waals surface area contributed by atoms with Crippen molar-refractivity contribution >= 4 is 5.91 Å². The molecule has 0 unspecified atom stereocenters. The second-order valence-corrected chi connectivity index (χ2v) is 6.74. The number of nitrogens with zero attached hydrogens (tertiary/aromatic N) is 5. The topological polar surface area (TPSA) is 73.1 Å². The molecule has 0 saturated heterocycles. The SMILES string of the molecule is CCN(C(=O)c1ccc(F)cc1-n1nccn1)[C@@H](C)COc1ncc(C(F)(F)F)cc1F. The summed E-state index contributed by atoms with van der Waals surface area (Å²) in [4.78, 5) is 19.0. The second kappa shape index (κ2) is 9.28. The maximum absolute atomic E-state index is 14.0. The van der Waals surface area contributed by atoms with Gasteiger partial charge >= 0.3 is 6.18 Å². The van der Waals surface area contributed by atoms with Gasteiger partial charge in [0, 0.05) is 18.8 Å². The predicted octanol–water partition coefficient (Wildman–Crippen LogP) is 3.89. The Kier molecular flexibility index (Phi) is 6.70. The highest BCUT2D eigenvalue weighted by molar-refractivity contribution is 5.97. The first-order valence-corrected chi connectivity index (χ1v) is 9.44. The maximum atomic E-state index is 14.0. The Balaban J connectivity index is 1.77. The van der Waals surface area contributed by atoms with E-state index in [9.17, 15) is 26.7 Å². The van der Waals surface area contributed by atoms with Gasteiger partial charge in [0.1, 0.15) is 18.1 Å². The number of rotatable bonds is 7. The van der Waals surface area contributed by atoms with E-state index in [1.54, 1.807) is 13.8 Å². The van der Waals surface area contributed by atoms with E-state index in [4.69, 9.17) is 4.74 Å². The average Bonchev–Trinajstić information content (AvgIpc) is 3.27. The highest BCUT2D eigenvalue weighted by atomic mass is 19.4. The van der Waals surface area contributed by atoms with Gasteiger partial charge < -0.3 is 9.64 Å². The Hall–Kier alpha value is -3.57. The van der Waals surface area contributed by atoms with Crippen LogP contribution in [0.2, 0.25) is 0 Å². The van der Waals surface area contributed by atoms with Gasteiger partial charge in [0.15, 0.2) is 5.82 Å². The van der Waals surface area contributed by atoms with Crippen molar-refractivity contribution in [3.8, 4) is 11.6 Å². The molecule has 1 amide bonds. The lowest BCUT2D eigenvalue weighted by molar-refractivity contribution is -0.138. The molecular formula is C20H18F5N5O2. The van der Waals surface area contributed by atoms with Gasteiger partial charge in [-0.15, -0.1) is 0 Å². The maximum Gasteiger partial charge on any atom is 0.417 e. The fraction of sp³-hybridized carbons (Fsp3) is 0.300. The third-order valence-corrected chi connectivity index (χ3v) is 4.55. The van der Waals surface area contributed by atoms with Gasteiger partial charge in [-0.05, 0) is 32.0 Å². The number of amides is 1. The van der Waals surface area contributed by atoms with Gasteiger partial charge in [0.05, 0.1) is 29.6 Å². The minimum atomic E-state index is -4.73. The van der Waals surface area contributed by atoms with Crippen molar-refractivity contribution in [2.45, 2.75) is 26.1 Å². The van der Waals surface area contributed by atoms with E-state index in [2.05, 4.69) is 15.2 Å². The zero-order valence-electron chi connectivity index (χ0n) is 17.0. The van der Waals surface area contributed by atoms with E-state index in [1.165, 1.54) is 23.4 Å². The summed E-state index contributed by atoms with van der Waals surface area (Å²) in [5.41, 5.74) is -0.992. The quantitative estimate of drug-likeness (QED) is 0.506. The molecule has 3 rings (SSSR count). The smallest absolute Gasteiger partial charge is 0.417 e. The van der Waals surface area contributed by atoms with Gasteiger partial charge in [0.2, 0.25) is 5.88 Å². The summed E-state index contributed by atoms with van der Waals surface area (Å²) in [7, 11) is 0. The van der Waals surface area contributed by atoms with Crippen molar-refractivity contribution < 1.29 is 31.5 Å². The first-order valence-electron chi connectivity index (χ1n) is 9.44. The van der Waals surface area contributed by atoms with Crippen LogP contribution >= 0.6 is 0 Å². The lowest BCUT2D eigenvalue weighted by Gasteiger charge is -2.28. The zero-order valence-corrected chi connectivity index (χ0v) is 17.0. The Labute approximate surface area is 179 Å². The molecule has 7 nitrogen and oxygen atoms in total. The van der Waals surface area contributed by atoms with Crippen LogP contribution in [-0.2, 0) is 6.18 Å². The molecule has 0 aliphatic rings. The van der Waals surface area contributed by atoms with Gasteiger partial charge in [-0.1, -0.05) is 0 Å². The summed E-state index contributed by atoms with van der Waals surface area (Å²) < 4.78 is 70.9. The molecule has 12 heteroatoms. The molecule has 0 saturated carbocycles.